The van der Waals surface area contributed by atoms with Crippen LogP contribution in [0.4, 0.5) is 0 Å². The largest absolute Gasteiger partial charge is 0.872 e. The fourth-order valence-corrected chi connectivity index (χ4v) is 6.00. The van der Waals surface area contributed by atoms with Crippen molar-refractivity contribution >= 4 is 70.8 Å². The molecule has 0 atom stereocenters. The van der Waals surface area contributed by atoms with Crippen molar-refractivity contribution in [2.75, 3.05) is 60.4 Å². The Morgan fingerprint density at radius 3 is 1.00 bits per heavy atom. The molecule has 3 aromatic carbocycles. The van der Waals surface area contributed by atoms with E-state index >= 15 is 0 Å². The molecule has 0 aliphatic carbocycles. The highest BCUT2D eigenvalue weighted by Gasteiger charge is 2.32. The van der Waals surface area contributed by atoms with E-state index in [1.54, 1.807) is 75.8 Å². The first-order chi connectivity index (χ1) is 30.0. The zero-order valence-electron chi connectivity index (χ0n) is 35.8. The summed E-state index contributed by atoms with van der Waals surface area (Å²) >= 11 is 0. The van der Waals surface area contributed by atoms with Crippen LogP contribution < -0.4 is 26.2 Å². The molecule has 0 bridgehead atoms. The molecule has 3 aliphatic heterocycles. The topological polar surface area (TPSA) is 252 Å². The van der Waals surface area contributed by atoms with Crippen LogP contribution >= 0.6 is 0 Å². The van der Waals surface area contributed by atoms with Crippen molar-refractivity contribution in [3.8, 4) is 17.2 Å². The van der Waals surface area contributed by atoms with Crippen LogP contribution in [-0.2, 0) is 28.8 Å². The number of phenolic OH excluding ortho intramolecular Hbond substituents is 1. The maximum Gasteiger partial charge on any atom is 0.278 e. The summed E-state index contributed by atoms with van der Waals surface area (Å²) in [5, 5.41) is 40.2. The van der Waals surface area contributed by atoms with Crippen molar-refractivity contribution in [1.29, 1.82) is 0 Å². The van der Waals surface area contributed by atoms with E-state index in [1.165, 1.54) is 71.9 Å². The number of ketones is 3. The van der Waals surface area contributed by atoms with E-state index in [9.17, 15) is 44.1 Å². The van der Waals surface area contributed by atoms with Gasteiger partial charge in [-0.3, -0.25) is 43.5 Å². The molecule has 0 radical (unpaired) electrons. The predicted octanol–water partition coefficient (Wildman–Crippen LogP) is 1.08. The third-order valence-electron chi connectivity index (χ3n) is 8.79. The van der Waals surface area contributed by atoms with Crippen LogP contribution in [0.2, 0.25) is 0 Å². The highest BCUT2D eigenvalue weighted by molar-refractivity contribution is 6.18. The van der Waals surface area contributed by atoms with Gasteiger partial charge in [-0.1, -0.05) is 60.7 Å². The summed E-state index contributed by atoms with van der Waals surface area (Å²) in [4.78, 5) is 87.7. The molecular formula is C45H49N9O9-2. The number of aromatic hydroxyl groups is 1. The summed E-state index contributed by atoms with van der Waals surface area (Å²) in [5.41, 5.74) is 3.01. The first kappa shape index (κ1) is 48.3. The summed E-state index contributed by atoms with van der Waals surface area (Å²) in [5.74, 6) is 0.335. The zero-order chi connectivity index (χ0) is 46.2. The van der Waals surface area contributed by atoms with Crippen molar-refractivity contribution in [3.63, 3.8) is 0 Å². The molecule has 4 N–H and O–H groups in total. The van der Waals surface area contributed by atoms with Gasteiger partial charge in [0.2, 0.25) is 0 Å². The van der Waals surface area contributed by atoms with Crippen LogP contribution in [0.5, 0.6) is 17.2 Å². The number of carbonyl (C=O) groups is 6. The third kappa shape index (κ3) is 14.1. The second kappa shape index (κ2) is 23.0. The fraction of sp³-hybridized carbons (Fsp3) is 0.267. The number of nitrogens with one attached hydrogen (secondary N) is 3. The van der Waals surface area contributed by atoms with E-state index in [4.69, 9.17) is 0 Å². The maximum absolute atomic E-state index is 12.3. The van der Waals surface area contributed by atoms with E-state index in [2.05, 4.69) is 30.9 Å². The summed E-state index contributed by atoms with van der Waals surface area (Å²) in [6.45, 7) is 5.54. The van der Waals surface area contributed by atoms with Gasteiger partial charge in [0.25, 0.3) is 17.7 Å². The highest BCUT2D eigenvalue weighted by atomic mass is 16.3. The number of Topliss-reactive ketones (excluding diaryl/α,β-unsaturated/α-hetero) is 3. The van der Waals surface area contributed by atoms with Crippen LogP contribution in [0.3, 0.4) is 0 Å². The monoisotopic (exact) mass is 859 g/mol. The molecule has 3 aromatic rings. The van der Waals surface area contributed by atoms with Gasteiger partial charge in [0.05, 0.1) is 39.3 Å². The van der Waals surface area contributed by atoms with E-state index < -0.39 is 0 Å². The zero-order valence-corrected chi connectivity index (χ0v) is 35.8. The molecule has 0 spiro atoms. The Labute approximate surface area is 364 Å². The molecule has 330 valence electrons. The number of amides is 3. The average molecular weight is 860 g/mol. The van der Waals surface area contributed by atoms with Crippen LogP contribution in [0.25, 0.3) is 18.2 Å². The molecule has 63 heavy (non-hydrogen) atoms. The number of benzene rings is 3. The molecule has 18 heteroatoms. The Morgan fingerprint density at radius 1 is 0.508 bits per heavy atom. The molecule has 18 nitrogen and oxygen atoms in total. The van der Waals surface area contributed by atoms with Crippen molar-refractivity contribution in [2.24, 2.45) is 15.0 Å². The van der Waals surface area contributed by atoms with Crippen LogP contribution in [0, 0.1) is 0 Å². The van der Waals surface area contributed by atoms with E-state index in [-0.39, 0.29) is 89.0 Å². The molecule has 3 aliphatic rings. The lowest BCUT2D eigenvalue weighted by molar-refractivity contribution is -0.269. The standard InChI is InChI=1S/3C15H17N3O3/c3*1-10(19)9-18-14(8-16-2)17-13(15(18)21)7-11-3-5-12(20)6-4-11/h3*3-7,16,20H,8-9H2,1-2H3/p-2/b2*13-7-;. The fourth-order valence-electron chi connectivity index (χ4n) is 6.00. The van der Waals surface area contributed by atoms with Gasteiger partial charge in [0.15, 0.2) is 0 Å². The number of amidine groups is 3. The molecule has 0 unspecified atom stereocenters. The van der Waals surface area contributed by atoms with Gasteiger partial charge in [-0.15, -0.1) is 11.5 Å². The third-order valence-corrected chi connectivity index (χ3v) is 8.79. The smallest absolute Gasteiger partial charge is 0.278 e. The SMILES string of the molecule is CNCC1=N/C(=C\c2ccc(O)cc2)C(=O)N1CC(C)=O.CNCC1=N/C(=C\c2ccc([O-])cc2)C(=O)N1CC(C)=O.CNCC1=NC(=Cc2ccc([O-])cc2)C(=O)N1CC(C)=O. The molecule has 3 heterocycles. The van der Waals surface area contributed by atoms with Gasteiger partial charge in [0, 0.05) is 0 Å². The predicted molar refractivity (Wildman–Crippen MR) is 235 cm³/mol. The number of phenols is 1. The normalized spacial score (nSPS) is 16.5. The molecule has 3 amide bonds. The Hall–Kier alpha value is -7.41. The van der Waals surface area contributed by atoms with Gasteiger partial charge >= 0.3 is 0 Å². The van der Waals surface area contributed by atoms with E-state index in [0.717, 1.165) is 16.7 Å². The van der Waals surface area contributed by atoms with Crippen LogP contribution in [0.15, 0.2) is 105 Å². The average Bonchev–Trinajstić information content (AvgIpc) is 3.79. The number of rotatable bonds is 15. The molecule has 0 saturated heterocycles. The van der Waals surface area contributed by atoms with Crippen LogP contribution in [-0.4, -0.2) is 133 Å². The molecule has 0 saturated carbocycles. The number of aliphatic imine (C=N–C) groups is 3. The van der Waals surface area contributed by atoms with Crippen molar-refractivity contribution in [1.82, 2.24) is 30.7 Å². The van der Waals surface area contributed by atoms with Crippen molar-refractivity contribution in [3.05, 3.63) is 107 Å². The summed E-state index contributed by atoms with van der Waals surface area (Å²) in [6.07, 6.45) is 4.85. The maximum atomic E-state index is 12.3. The number of hydrogen-bond donors (Lipinski definition) is 4. The quantitative estimate of drug-likeness (QED) is 0.157. The number of nitrogens with zero attached hydrogens (tertiary/aromatic N) is 6. The highest BCUT2D eigenvalue weighted by Crippen LogP contribution is 2.22. The number of carbonyl (C=O) groups excluding carboxylic acids is 6. The molecular weight excluding hydrogens is 811 g/mol. The minimum absolute atomic E-state index is 0.0101. The van der Waals surface area contributed by atoms with Crippen molar-refractivity contribution in [2.45, 2.75) is 20.8 Å². The van der Waals surface area contributed by atoms with Gasteiger partial charge in [-0.25, -0.2) is 15.0 Å². The number of likely N-dealkylation sites (N-methyl/N-ethyl adjacent to an activating group) is 3. The first-order valence-electron chi connectivity index (χ1n) is 19.6. The second-order valence-electron chi connectivity index (χ2n) is 14.3. The van der Waals surface area contributed by atoms with Crippen LogP contribution in [0.1, 0.15) is 37.5 Å². The van der Waals surface area contributed by atoms with Gasteiger partial charge < -0.3 is 31.3 Å². The van der Waals surface area contributed by atoms with Crippen molar-refractivity contribution < 1.29 is 44.1 Å². The van der Waals surface area contributed by atoms with E-state index in [0.29, 0.717) is 37.1 Å². The van der Waals surface area contributed by atoms with Gasteiger partial charge in [-0.05, 0) is 89.0 Å². The summed E-state index contributed by atoms with van der Waals surface area (Å²) in [7, 11) is 5.24. The summed E-state index contributed by atoms with van der Waals surface area (Å²) < 4.78 is 0. The Kier molecular flexibility index (Phi) is 17.6. The lowest BCUT2D eigenvalue weighted by atomic mass is 10.2. The van der Waals surface area contributed by atoms with Gasteiger partial charge in [0.1, 0.15) is 57.7 Å². The number of hydrogen-bond acceptors (Lipinski definition) is 15. The Morgan fingerprint density at radius 2 is 0.762 bits per heavy atom. The lowest BCUT2D eigenvalue weighted by Crippen LogP contribution is -2.40. The first-order valence-corrected chi connectivity index (χ1v) is 19.6. The van der Waals surface area contributed by atoms with E-state index in [1.807, 2.05) is 0 Å². The Balaban J connectivity index is 0.000000207. The minimum Gasteiger partial charge on any atom is -0.872 e. The lowest BCUT2D eigenvalue weighted by Gasteiger charge is -2.15. The molecule has 6 rings (SSSR count). The van der Waals surface area contributed by atoms with Gasteiger partial charge in [-0.2, -0.15) is 0 Å². The Bertz CT molecular complexity index is 2120. The second-order valence-corrected chi connectivity index (χ2v) is 14.3. The summed E-state index contributed by atoms with van der Waals surface area (Å²) in [6, 6.07) is 18.7. The minimum atomic E-state index is -0.304. The molecule has 0 fully saturated rings. The molecule has 0 aromatic heterocycles.